The summed E-state index contributed by atoms with van der Waals surface area (Å²) in [5, 5.41) is 12.8. The molecule has 0 amide bonds. The van der Waals surface area contributed by atoms with E-state index in [-0.39, 0.29) is 23.0 Å². The van der Waals surface area contributed by atoms with Crippen LogP contribution in [0.15, 0.2) is 0 Å². The summed E-state index contributed by atoms with van der Waals surface area (Å²) in [6, 6.07) is 0. The van der Waals surface area contributed by atoms with Crippen molar-refractivity contribution < 1.29 is 5.11 Å². The molecule has 2 N–H and O–H groups in total. The van der Waals surface area contributed by atoms with Crippen molar-refractivity contribution in [2.24, 2.45) is 10.8 Å². The zero-order valence-corrected chi connectivity index (χ0v) is 12.3. The van der Waals surface area contributed by atoms with Gasteiger partial charge in [-0.05, 0) is 51.0 Å². The van der Waals surface area contributed by atoms with Crippen molar-refractivity contribution in [1.82, 2.24) is 5.32 Å². The summed E-state index contributed by atoms with van der Waals surface area (Å²) in [6.07, 6.45) is 2.20. The smallest absolute Gasteiger partial charge is 0.0482 e. The fourth-order valence-electron chi connectivity index (χ4n) is 2.22. The van der Waals surface area contributed by atoms with Crippen LogP contribution in [0.1, 0.15) is 61.3 Å². The molecule has 0 atom stereocenters. The summed E-state index contributed by atoms with van der Waals surface area (Å²) in [7, 11) is 0. The molecular formula is C14H31NO. The van der Waals surface area contributed by atoms with Gasteiger partial charge in [0.25, 0.3) is 0 Å². The van der Waals surface area contributed by atoms with Crippen molar-refractivity contribution in [3.63, 3.8) is 0 Å². The SMILES string of the molecule is CC(C)(CO)CC(C)(C)CCNC(C)(C)C. The zero-order chi connectivity index (χ0) is 13.0. The minimum Gasteiger partial charge on any atom is -0.396 e. The Hall–Kier alpha value is -0.0800. The van der Waals surface area contributed by atoms with Crippen LogP contribution in [-0.4, -0.2) is 23.8 Å². The van der Waals surface area contributed by atoms with Crippen LogP contribution < -0.4 is 5.32 Å². The van der Waals surface area contributed by atoms with Gasteiger partial charge in [0.05, 0.1) is 0 Å². The van der Waals surface area contributed by atoms with Gasteiger partial charge in [-0.15, -0.1) is 0 Å². The molecule has 16 heavy (non-hydrogen) atoms. The number of hydrogen-bond donors (Lipinski definition) is 2. The highest BCUT2D eigenvalue weighted by molar-refractivity contribution is 4.80. The fourth-order valence-corrected chi connectivity index (χ4v) is 2.22. The van der Waals surface area contributed by atoms with Crippen molar-refractivity contribution >= 4 is 0 Å². The van der Waals surface area contributed by atoms with Crippen LogP contribution in [0.25, 0.3) is 0 Å². The number of hydrogen-bond acceptors (Lipinski definition) is 2. The molecule has 0 heterocycles. The van der Waals surface area contributed by atoms with Gasteiger partial charge >= 0.3 is 0 Å². The molecule has 0 fully saturated rings. The van der Waals surface area contributed by atoms with Gasteiger partial charge in [0.2, 0.25) is 0 Å². The van der Waals surface area contributed by atoms with Gasteiger partial charge in [0, 0.05) is 12.1 Å². The Morgan fingerprint density at radius 1 is 0.875 bits per heavy atom. The van der Waals surface area contributed by atoms with Crippen LogP contribution in [0, 0.1) is 10.8 Å². The fraction of sp³-hybridized carbons (Fsp3) is 1.00. The first-order valence-corrected chi connectivity index (χ1v) is 6.33. The van der Waals surface area contributed by atoms with E-state index in [2.05, 4.69) is 53.8 Å². The zero-order valence-electron chi connectivity index (χ0n) is 12.3. The van der Waals surface area contributed by atoms with E-state index in [0.29, 0.717) is 0 Å². The summed E-state index contributed by atoms with van der Waals surface area (Å²) in [5.41, 5.74) is 0.512. The predicted molar refractivity (Wildman–Crippen MR) is 71.6 cm³/mol. The van der Waals surface area contributed by atoms with E-state index in [1.54, 1.807) is 0 Å². The second-order valence-corrected chi connectivity index (χ2v) is 7.59. The van der Waals surface area contributed by atoms with E-state index in [1.165, 1.54) is 0 Å². The molecule has 0 aromatic rings. The molecule has 98 valence electrons. The molecule has 0 spiro atoms. The highest BCUT2D eigenvalue weighted by atomic mass is 16.3. The Kier molecular flexibility index (Phi) is 5.48. The van der Waals surface area contributed by atoms with Crippen molar-refractivity contribution in [2.45, 2.75) is 66.8 Å². The Balaban J connectivity index is 4.06. The maximum atomic E-state index is 9.30. The third-order valence-corrected chi connectivity index (χ3v) is 2.84. The third kappa shape index (κ3) is 8.12. The van der Waals surface area contributed by atoms with Crippen LogP contribution in [0.5, 0.6) is 0 Å². The van der Waals surface area contributed by atoms with E-state index in [9.17, 15) is 5.11 Å². The molecule has 0 unspecified atom stereocenters. The van der Waals surface area contributed by atoms with Gasteiger partial charge < -0.3 is 10.4 Å². The van der Waals surface area contributed by atoms with E-state index < -0.39 is 0 Å². The average molecular weight is 229 g/mol. The van der Waals surface area contributed by atoms with E-state index >= 15 is 0 Å². The van der Waals surface area contributed by atoms with Crippen LogP contribution in [0.4, 0.5) is 0 Å². The van der Waals surface area contributed by atoms with Gasteiger partial charge in [-0.2, -0.15) is 0 Å². The number of nitrogens with one attached hydrogen (secondary N) is 1. The van der Waals surface area contributed by atoms with Crippen LogP contribution in [0.3, 0.4) is 0 Å². The lowest BCUT2D eigenvalue weighted by atomic mass is 9.74. The molecule has 0 saturated carbocycles. The molecule has 0 rings (SSSR count). The summed E-state index contributed by atoms with van der Waals surface area (Å²) in [5.74, 6) is 0. The lowest BCUT2D eigenvalue weighted by molar-refractivity contribution is 0.0978. The molecule has 0 saturated heterocycles. The molecule has 2 heteroatoms. The van der Waals surface area contributed by atoms with Gasteiger partial charge in [0.1, 0.15) is 0 Å². The number of aliphatic hydroxyl groups is 1. The average Bonchev–Trinajstić information content (AvgIpc) is 1.99. The topological polar surface area (TPSA) is 32.3 Å². The molecule has 0 bridgehead atoms. The molecular weight excluding hydrogens is 198 g/mol. The Labute approximate surface area is 102 Å². The summed E-state index contributed by atoms with van der Waals surface area (Å²) >= 11 is 0. The molecule has 0 radical (unpaired) electrons. The van der Waals surface area contributed by atoms with E-state index in [4.69, 9.17) is 0 Å². The standard InChI is InChI=1S/C14H31NO/c1-12(2,3)15-9-8-13(4,5)10-14(6,7)11-16/h15-16H,8-11H2,1-7H3. The van der Waals surface area contributed by atoms with Crippen molar-refractivity contribution in [3.05, 3.63) is 0 Å². The van der Waals surface area contributed by atoms with Crippen LogP contribution in [-0.2, 0) is 0 Å². The van der Waals surface area contributed by atoms with Gasteiger partial charge in [-0.3, -0.25) is 0 Å². The quantitative estimate of drug-likeness (QED) is 0.733. The minimum absolute atomic E-state index is 0.0330. The molecule has 0 aliphatic rings. The van der Waals surface area contributed by atoms with Gasteiger partial charge in [-0.25, -0.2) is 0 Å². The van der Waals surface area contributed by atoms with Crippen molar-refractivity contribution in [1.29, 1.82) is 0 Å². The Bertz CT molecular complexity index is 201. The lowest BCUT2D eigenvalue weighted by Gasteiger charge is -2.34. The molecule has 0 aromatic carbocycles. The highest BCUT2D eigenvalue weighted by Gasteiger charge is 2.28. The van der Waals surface area contributed by atoms with E-state index in [1.807, 2.05) is 0 Å². The summed E-state index contributed by atoms with van der Waals surface area (Å²) < 4.78 is 0. The molecule has 2 nitrogen and oxygen atoms in total. The summed E-state index contributed by atoms with van der Waals surface area (Å²) in [4.78, 5) is 0. The van der Waals surface area contributed by atoms with Gasteiger partial charge in [-0.1, -0.05) is 27.7 Å². The first-order valence-electron chi connectivity index (χ1n) is 6.33. The molecule has 0 aliphatic heterocycles. The van der Waals surface area contributed by atoms with Crippen LogP contribution >= 0.6 is 0 Å². The monoisotopic (exact) mass is 229 g/mol. The maximum absolute atomic E-state index is 9.30. The second-order valence-electron chi connectivity index (χ2n) is 7.59. The first-order chi connectivity index (χ1) is 6.97. The number of aliphatic hydroxyl groups excluding tert-OH is 1. The maximum Gasteiger partial charge on any atom is 0.0482 e. The lowest BCUT2D eigenvalue weighted by Crippen LogP contribution is -2.38. The second kappa shape index (κ2) is 5.50. The predicted octanol–water partition coefficient (Wildman–Crippen LogP) is 3.20. The number of rotatable bonds is 6. The Morgan fingerprint density at radius 3 is 1.75 bits per heavy atom. The normalized spacial score (nSPS) is 14.2. The van der Waals surface area contributed by atoms with Crippen molar-refractivity contribution in [3.8, 4) is 0 Å². The summed E-state index contributed by atoms with van der Waals surface area (Å²) in [6.45, 7) is 16.7. The minimum atomic E-state index is 0.0330. The molecule has 0 aromatic heterocycles. The third-order valence-electron chi connectivity index (χ3n) is 2.84. The van der Waals surface area contributed by atoms with E-state index in [0.717, 1.165) is 19.4 Å². The highest BCUT2D eigenvalue weighted by Crippen LogP contribution is 2.35. The molecule has 0 aliphatic carbocycles. The Morgan fingerprint density at radius 2 is 1.38 bits per heavy atom. The van der Waals surface area contributed by atoms with Gasteiger partial charge in [0.15, 0.2) is 0 Å². The first kappa shape index (κ1) is 15.9. The van der Waals surface area contributed by atoms with Crippen molar-refractivity contribution in [2.75, 3.05) is 13.2 Å². The largest absolute Gasteiger partial charge is 0.396 e. The van der Waals surface area contributed by atoms with Crippen LogP contribution in [0.2, 0.25) is 0 Å².